The number of halogens is 3. The van der Waals surface area contributed by atoms with Crippen molar-refractivity contribution < 1.29 is 9.90 Å². The van der Waals surface area contributed by atoms with E-state index in [-0.39, 0.29) is 0 Å². The summed E-state index contributed by atoms with van der Waals surface area (Å²) in [4.78, 5) is 20.2. The molecule has 2 aromatic heterocycles. The molecule has 0 bridgehead atoms. The minimum Gasteiger partial charge on any atom is -0.480 e. The van der Waals surface area contributed by atoms with Gasteiger partial charge in [0.2, 0.25) is 0 Å². The lowest BCUT2D eigenvalue weighted by molar-refractivity contribution is -0.138. The van der Waals surface area contributed by atoms with Gasteiger partial charge in [-0.05, 0) is 43.7 Å². The number of carboxylic acids is 1. The third-order valence-corrected chi connectivity index (χ3v) is 6.02. The smallest absolute Gasteiger partial charge is 0.319 e. The molecule has 9 heteroatoms. The van der Waals surface area contributed by atoms with Gasteiger partial charge in [0.25, 0.3) is 0 Å². The Hall–Kier alpha value is -1.73. The van der Waals surface area contributed by atoms with E-state index in [1.807, 2.05) is 4.57 Å². The first-order valence-corrected chi connectivity index (χ1v) is 10.1. The fourth-order valence-corrected chi connectivity index (χ4v) is 4.02. The molecule has 5 nitrogen and oxygen atoms in total. The summed E-state index contributed by atoms with van der Waals surface area (Å²) < 4.78 is 0.847. The average molecular weight is 457 g/mol. The van der Waals surface area contributed by atoms with Crippen molar-refractivity contribution in [3.05, 3.63) is 63.5 Å². The Bertz CT molecular complexity index is 1040. The van der Waals surface area contributed by atoms with Gasteiger partial charge in [-0.1, -0.05) is 46.6 Å². The summed E-state index contributed by atoms with van der Waals surface area (Å²) in [6.45, 7) is 3.65. The number of pyridine rings is 1. The number of nitrogens with zero attached hydrogens (tertiary/aromatic N) is 3. The van der Waals surface area contributed by atoms with Crippen molar-refractivity contribution in [3.8, 4) is 11.4 Å². The number of carbonyl (C=O) groups is 1. The summed E-state index contributed by atoms with van der Waals surface area (Å²) >= 11 is 19.8. The first kappa shape index (κ1) is 21.0. The van der Waals surface area contributed by atoms with Crippen molar-refractivity contribution >= 4 is 52.5 Å². The second kappa shape index (κ2) is 8.33. The zero-order valence-electron chi connectivity index (χ0n) is 15.0. The highest BCUT2D eigenvalue weighted by Crippen LogP contribution is 2.36. The molecule has 1 aromatic carbocycles. The number of hydrogen-bond acceptors (Lipinski definition) is 4. The van der Waals surface area contributed by atoms with Crippen LogP contribution in [0.2, 0.25) is 15.1 Å². The number of benzene rings is 1. The fourth-order valence-electron chi connectivity index (χ4n) is 2.50. The molecule has 0 atom stereocenters. The van der Waals surface area contributed by atoms with E-state index in [4.69, 9.17) is 34.8 Å². The minimum atomic E-state index is -1.04. The summed E-state index contributed by atoms with van der Waals surface area (Å²) in [5.41, 5.74) is 1.50. The van der Waals surface area contributed by atoms with Gasteiger partial charge < -0.3 is 9.67 Å². The van der Waals surface area contributed by atoms with E-state index in [9.17, 15) is 9.90 Å². The number of hydrogen-bond donors (Lipinski definition) is 1. The van der Waals surface area contributed by atoms with Gasteiger partial charge in [0.1, 0.15) is 10.6 Å². The Morgan fingerprint density at radius 1 is 1.14 bits per heavy atom. The molecule has 3 aromatic rings. The van der Waals surface area contributed by atoms with Crippen LogP contribution in [0.3, 0.4) is 0 Å². The van der Waals surface area contributed by atoms with Gasteiger partial charge in [-0.2, -0.15) is 0 Å². The molecule has 28 heavy (non-hydrogen) atoms. The zero-order chi connectivity index (χ0) is 20.5. The summed E-state index contributed by atoms with van der Waals surface area (Å²) in [6.07, 6.45) is 4.83. The molecule has 2 heterocycles. The predicted molar refractivity (Wildman–Crippen MR) is 114 cm³/mol. The molecule has 0 aliphatic rings. The molecule has 0 aliphatic carbocycles. The van der Waals surface area contributed by atoms with Crippen LogP contribution in [0.5, 0.6) is 0 Å². The van der Waals surface area contributed by atoms with Crippen molar-refractivity contribution in [1.82, 2.24) is 14.5 Å². The number of rotatable bonds is 6. The number of thioether (sulfide) groups is 1. The van der Waals surface area contributed by atoms with Crippen LogP contribution in [0.15, 0.2) is 47.9 Å². The van der Waals surface area contributed by atoms with Crippen LogP contribution in [0.25, 0.3) is 11.4 Å². The van der Waals surface area contributed by atoms with E-state index in [1.165, 1.54) is 18.0 Å². The lowest BCUT2D eigenvalue weighted by atomic mass is 10.2. The maximum Gasteiger partial charge on any atom is 0.319 e. The van der Waals surface area contributed by atoms with Crippen molar-refractivity contribution in [1.29, 1.82) is 0 Å². The fraction of sp³-hybridized carbons (Fsp3) is 0.211. The van der Waals surface area contributed by atoms with Crippen LogP contribution in [0.1, 0.15) is 19.4 Å². The largest absolute Gasteiger partial charge is 0.480 e. The highest BCUT2D eigenvalue weighted by molar-refractivity contribution is 8.01. The van der Waals surface area contributed by atoms with Crippen molar-refractivity contribution in [2.45, 2.75) is 30.2 Å². The highest BCUT2D eigenvalue weighted by atomic mass is 35.5. The Morgan fingerprint density at radius 2 is 1.89 bits per heavy atom. The molecule has 0 saturated heterocycles. The van der Waals surface area contributed by atoms with Gasteiger partial charge in [0.15, 0.2) is 0 Å². The average Bonchev–Trinajstić information content (AvgIpc) is 3.00. The minimum absolute atomic E-state index is 0.360. The molecule has 0 radical (unpaired) electrons. The Kier molecular flexibility index (Phi) is 6.25. The van der Waals surface area contributed by atoms with Crippen LogP contribution in [0, 0.1) is 0 Å². The maximum atomic E-state index is 11.6. The SMILES string of the molecule is CC(C)(Sc1cnc(-c2cncc(Cl)c2)n1Cc1cc(Cl)ccc1Cl)C(=O)O. The number of carboxylic acid groups (broad SMARTS) is 1. The molecule has 0 fully saturated rings. The molecular weight excluding hydrogens is 441 g/mol. The Morgan fingerprint density at radius 3 is 2.57 bits per heavy atom. The van der Waals surface area contributed by atoms with Crippen molar-refractivity contribution in [2.24, 2.45) is 0 Å². The standard InChI is InChI=1S/C19H16Cl3N3O2S/c1-19(2,18(26)27)28-16-9-24-17(11-5-14(21)8-23-7-11)25(16)10-12-6-13(20)3-4-15(12)22/h3-9H,10H2,1-2H3,(H,26,27). The molecule has 0 spiro atoms. The van der Waals surface area contributed by atoms with Gasteiger partial charge in [0, 0.05) is 28.0 Å². The topological polar surface area (TPSA) is 68.0 Å². The third kappa shape index (κ3) is 4.63. The van der Waals surface area contributed by atoms with E-state index in [2.05, 4.69) is 9.97 Å². The lowest BCUT2D eigenvalue weighted by Crippen LogP contribution is -2.27. The number of aromatic nitrogens is 3. The zero-order valence-corrected chi connectivity index (χ0v) is 18.1. The van der Waals surface area contributed by atoms with Crippen LogP contribution >= 0.6 is 46.6 Å². The van der Waals surface area contributed by atoms with Gasteiger partial charge in [-0.25, -0.2) is 4.98 Å². The van der Waals surface area contributed by atoms with E-state index in [1.54, 1.807) is 50.5 Å². The summed E-state index contributed by atoms with van der Waals surface area (Å²) in [5, 5.41) is 11.8. The molecule has 0 unspecified atom stereocenters. The van der Waals surface area contributed by atoms with E-state index in [0.717, 1.165) is 5.56 Å². The Labute approximate surface area is 181 Å². The highest BCUT2D eigenvalue weighted by Gasteiger charge is 2.31. The molecule has 1 N–H and O–H groups in total. The number of aliphatic carboxylic acids is 1. The molecule has 0 aliphatic heterocycles. The molecule has 0 saturated carbocycles. The summed E-state index contributed by atoms with van der Waals surface area (Å²) in [7, 11) is 0. The molecular formula is C19H16Cl3N3O2S. The quantitative estimate of drug-likeness (QED) is 0.467. The van der Waals surface area contributed by atoms with E-state index < -0.39 is 10.7 Å². The molecule has 146 valence electrons. The second-order valence-corrected chi connectivity index (χ2v) is 9.47. The normalized spacial score (nSPS) is 11.6. The summed E-state index contributed by atoms with van der Waals surface area (Å²) in [5.74, 6) is -0.313. The van der Waals surface area contributed by atoms with Crippen molar-refractivity contribution in [2.75, 3.05) is 0 Å². The number of imidazole rings is 1. The summed E-state index contributed by atoms with van der Waals surface area (Å²) in [6, 6.07) is 6.97. The van der Waals surface area contributed by atoms with E-state index >= 15 is 0 Å². The molecule has 3 rings (SSSR count). The lowest BCUT2D eigenvalue weighted by Gasteiger charge is -2.20. The van der Waals surface area contributed by atoms with E-state index in [0.29, 0.717) is 38.0 Å². The van der Waals surface area contributed by atoms with Gasteiger partial charge in [0.05, 0.1) is 22.8 Å². The van der Waals surface area contributed by atoms with Gasteiger partial charge >= 0.3 is 5.97 Å². The predicted octanol–water partition coefficient (Wildman–Crippen LogP) is 5.91. The third-order valence-electron chi connectivity index (χ3n) is 3.99. The van der Waals surface area contributed by atoms with Crippen LogP contribution in [0.4, 0.5) is 0 Å². The Balaban J connectivity index is 2.11. The van der Waals surface area contributed by atoms with Crippen LogP contribution < -0.4 is 0 Å². The second-order valence-electron chi connectivity index (χ2n) is 6.55. The monoisotopic (exact) mass is 455 g/mol. The van der Waals surface area contributed by atoms with Crippen molar-refractivity contribution in [3.63, 3.8) is 0 Å². The van der Waals surface area contributed by atoms with Gasteiger partial charge in [-0.15, -0.1) is 0 Å². The first-order valence-electron chi connectivity index (χ1n) is 8.20. The van der Waals surface area contributed by atoms with Crippen LogP contribution in [-0.4, -0.2) is 30.4 Å². The van der Waals surface area contributed by atoms with Gasteiger partial charge in [-0.3, -0.25) is 9.78 Å². The first-order chi connectivity index (χ1) is 13.2. The molecule has 0 amide bonds. The maximum absolute atomic E-state index is 11.6. The van der Waals surface area contributed by atoms with Crippen LogP contribution in [-0.2, 0) is 11.3 Å².